The smallest absolute Gasteiger partial charge is 0.253 e. The molecule has 1 amide bonds. The third kappa shape index (κ3) is 8.26. The summed E-state index contributed by atoms with van der Waals surface area (Å²) in [6, 6.07) is 8.12. The second kappa shape index (κ2) is 12.7. The zero-order valence-electron chi connectivity index (χ0n) is 17.8. The van der Waals surface area contributed by atoms with Gasteiger partial charge in [-0.1, -0.05) is 26.0 Å². The minimum absolute atomic E-state index is 0. The Balaban J connectivity index is 0.00000364. The second-order valence-corrected chi connectivity index (χ2v) is 8.07. The molecule has 7 heteroatoms. The lowest BCUT2D eigenvalue weighted by Crippen LogP contribution is -2.44. The summed E-state index contributed by atoms with van der Waals surface area (Å²) in [5, 5.41) is 0. The molecule has 1 fully saturated rings. The minimum Gasteiger partial charge on any atom is -0.373 e. The number of rotatable bonds is 7. The fourth-order valence-corrected chi connectivity index (χ4v) is 3.42. The molecular weight excluding hydrogens is 397 g/mol. The molecule has 5 nitrogen and oxygen atoms in total. The Labute approximate surface area is 182 Å². The predicted molar refractivity (Wildman–Crippen MR) is 121 cm³/mol. The first-order valence-corrected chi connectivity index (χ1v) is 9.74. The van der Waals surface area contributed by atoms with Gasteiger partial charge in [0.2, 0.25) is 0 Å². The topological polar surface area (TPSA) is 58.8 Å². The van der Waals surface area contributed by atoms with Crippen LogP contribution in [0.15, 0.2) is 24.3 Å². The van der Waals surface area contributed by atoms with Crippen molar-refractivity contribution in [2.45, 2.75) is 58.9 Å². The molecule has 1 aromatic rings. The van der Waals surface area contributed by atoms with E-state index in [0.29, 0.717) is 12.5 Å². The normalized spacial score (nSPS) is 20.8. The summed E-state index contributed by atoms with van der Waals surface area (Å²) in [4.78, 5) is 16.8. The van der Waals surface area contributed by atoms with Crippen molar-refractivity contribution in [1.82, 2.24) is 9.80 Å². The van der Waals surface area contributed by atoms with Crippen LogP contribution < -0.4 is 5.73 Å². The van der Waals surface area contributed by atoms with E-state index in [2.05, 4.69) is 44.7 Å². The molecule has 2 rings (SSSR count). The molecule has 0 bridgehead atoms. The van der Waals surface area contributed by atoms with Crippen molar-refractivity contribution >= 4 is 30.7 Å². The Morgan fingerprint density at radius 3 is 2.21 bits per heavy atom. The predicted octanol–water partition coefficient (Wildman–Crippen LogP) is 3.58. The zero-order chi connectivity index (χ0) is 19.3. The number of hydrogen-bond acceptors (Lipinski definition) is 4. The Morgan fingerprint density at radius 1 is 1.18 bits per heavy atom. The van der Waals surface area contributed by atoms with Crippen molar-refractivity contribution in [3.63, 3.8) is 0 Å². The van der Waals surface area contributed by atoms with Gasteiger partial charge in [0.15, 0.2) is 0 Å². The van der Waals surface area contributed by atoms with Crippen LogP contribution in [-0.4, -0.2) is 60.6 Å². The second-order valence-electron chi connectivity index (χ2n) is 8.07. The van der Waals surface area contributed by atoms with Gasteiger partial charge in [-0.25, -0.2) is 0 Å². The molecule has 0 saturated carbocycles. The average Bonchev–Trinajstić information content (AvgIpc) is 2.58. The average molecular weight is 434 g/mol. The maximum atomic E-state index is 12.6. The SMILES string of the molecule is CC1CN(Cc2ccc(C(=O)N(C)CCC(N)C(C)C)cc2)CC(C)O1.Cl.Cl. The van der Waals surface area contributed by atoms with Crippen LogP contribution in [0.2, 0.25) is 0 Å². The molecule has 1 heterocycles. The Hall–Kier alpha value is -0.850. The first kappa shape index (κ1) is 27.1. The summed E-state index contributed by atoms with van der Waals surface area (Å²) in [5.41, 5.74) is 8.04. The fraction of sp³-hybridized carbons (Fsp3) is 0.667. The van der Waals surface area contributed by atoms with E-state index in [0.717, 1.165) is 31.6 Å². The van der Waals surface area contributed by atoms with Crippen LogP contribution in [0, 0.1) is 5.92 Å². The lowest BCUT2D eigenvalue weighted by atomic mass is 10.0. The Kier molecular flexibility index (Phi) is 12.3. The molecule has 0 radical (unpaired) electrons. The molecule has 2 N–H and O–H groups in total. The van der Waals surface area contributed by atoms with Gasteiger partial charge in [-0.05, 0) is 43.9 Å². The molecule has 0 aliphatic carbocycles. The standard InChI is InChI=1S/C21H35N3O2.2ClH/c1-15(2)20(22)10-11-23(5)21(25)19-8-6-18(7-9-19)14-24-12-16(3)26-17(4)13-24;;/h6-9,15-17,20H,10-14,22H2,1-5H3;2*1H. The van der Waals surface area contributed by atoms with Gasteiger partial charge in [-0.3, -0.25) is 9.69 Å². The first-order valence-electron chi connectivity index (χ1n) is 9.74. The molecule has 1 saturated heterocycles. The maximum Gasteiger partial charge on any atom is 0.253 e. The molecule has 3 unspecified atom stereocenters. The van der Waals surface area contributed by atoms with E-state index in [4.69, 9.17) is 10.5 Å². The quantitative estimate of drug-likeness (QED) is 0.713. The minimum atomic E-state index is 0. The lowest BCUT2D eigenvalue weighted by Gasteiger charge is -2.35. The highest BCUT2D eigenvalue weighted by Crippen LogP contribution is 2.15. The highest BCUT2D eigenvalue weighted by atomic mass is 35.5. The van der Waals surface area contributed by atoms with Crippen LogP contribution in [-0.2, 0) is 11.3 Å². The van der Waals surface area contributed by atoms with Crippen molar-refractivity contribution < 1.29 is 9.53 Å². The molecule has 1 aliphatic rings. The zero-order valence-corrected chi connectivity index (χ0v) is 19.4. The summed E-state index contributed by atoms with van der Waals surface area (Å²) < 4.78 is 5.78. The van der Waals surface area contributed by atoms with Crippen molar-refractivity contribution in [2.24, 2.45) is 11.7 Å². The van der Waals surface area contributed by atoms with Gasteiger partial charge in [0.05, 0.1) is 12.2 Å². The van der Waals surface area contributed by atoms with E-state index < -0.39 is 0 Å². The highest BCUT2D eigenvalue weighted by molar-refractivity contribution is 5.94. The number of benzene rings is 1. The summed E-state index contributed by atoms with van der Waals surface area (Å²) in [7, 11) is 1.85. The molecule has 162 valence electrons. The van der Waals surface area contributed by atoms with Crippen LogP contribution >= 0.6 is 24.8 Å². The van der Waals surface area contributed by atoms with Crippen molar-refractivity contribution in [3.05, 3.63) is 35.4 Å². The number of nitrogens with zero attached hydrogens (tertiary/aromatic N) is 2. The summed E-state index contributed by atoms with van der Waals surface area (Å²) >= 11 is 0. The molecule has 0 spiro atoms. The summed E-state index contributed by atoms with van der Waals surface area (Å²) in [6.45, 7) is 11.9. The van der Waals surface area contributed by atoms with Gasteiger partial charge < -0.3 is 15.4 Å². The van der Waals surface area contributed by atoms with Gasteiger partial charge in [-0.2, -0.15) is 0 Å². The Bertz CT molecular complexity index is 574. The number of ether oxygens (including phenoxy) is 1. The fourth-order valence-electron chi connectivity index (χ4n) is 3.42. The number of hydrogen-bond donors (Lipinski definition) is 1. The maximum absolute atomic E-state index is 12.6. The number of amides is 1. The van der Waals surface area contributed by atoms with Gasteiger partial charge in [-0.15, -0.1) is 24.8 Å². The van der Waals surface area contributed by atoms with Crippen molar-refractivity contribution in [3.8, 4) is 0 Å². The highest BCUT2D eigenvalue weighted by Gasteiger charge is 2.22. The number of nitrogens with two attached hydrogens (primary N) is 1. The molecular formula is C21H37Cl2N3O2. The van der Waals surface area contributed by atoms with Gasteiger partial charge in [0, 0.05) is 44.8 Å². The molecule has 0 aromatic heterocycles. The molecule has 1 aromatic carbocycles. The summed E-state index contributed by atoms with van der Waals surface area (Å²) in [5.74, 6) is 0.490. The van der Waals surface area contributed by atoms with E-state index in [1.807, 2.05) is 19.2 Å². The van der Waals surface area contributed by atoms with Crippen LogP contribution in [0.5, 0.6) is 0 Å². The van der Waals surface area contributed by atoms with E-state index in [-0.39, 0.29) is 49.0 Å². The number of halogens is 2. The van der Waals surface area contributed by atoms with Crippen LogP contribution in [0.4, 0.5) is 0 Å². The summed E-state index contributed by atoms with van der Waals surface area (Å²) in [6.07, 6.45) is 1.36. The number of carbonyl (C=O) groups is 1. The number of morpholine rings is 1. The van der Waals surface area contributed by atoms with E-state index in [1.165, 1.54) is 5.56 Å². The van der Waals surface area contributed by atoms with Crippen molar-refractivity contribution in [2.75, 3.05) is 26.7 Å². The largest absolute Gasteiger partial charge is 0.373 e. The molecule has 3 atom stereocenters. The monoisotopic (exact) mass is 433 g/mol. The van der Waals surface area contributed by atoms with E-state index in [1.54, 1.807) is 4.90 Å². The van der Waals surface area contributed by atoms with Gasteiger partial charge >= 0.3 is 0 Å². The van der Waals surface area contributed by atoms with E-state index in [9.17, 15) is 4.79 Å². The Morgan fingerprint density at radius 2 is 1.71 bits per heavy atom. The lowest BCUT2D eigenvalue weighted by molar-refractivity contribution is -0.0704. The first-order chi connectivity index (χ1) is 12.3. The van der Waals surface area contributed by atoms with Crippen molar-refractivity contribution in [1.29, 1.82) is 0 Å². The molecule has 28 heavy (non-hydrogen) atoms. The molecule has 1 aliphatic heterocycles. The van der Waals surface area contributed by atoms with Gasteiger partial charge in [0.25, 0.3) is 5.91 Å². The van der Waals surface area contributed by atoms with Crippen LogP contribution in [0.25, 0.3) is 0 Å². The van der Waals surface area contributed by atoms with E-state index >= 15 is 0 Å². The van der Waals surface area contributed by atoms with Crippen LogP contribution in [0.1, 0.15) is 50.0 Å². The number of carbonyl (C=O) groups excluding carboxylic acids is 1. The van der Waals surface area contributed by atoms with Gasteiger partial charge in [0.1, 0.15) is 0 Å². The van der Waals surface area contributed by atoms with Crippen LogP contribution in [0.3, 0.4) is 0 Å². The third-order valence-electron chi connectivity index (χ3n) is 5.10. The third-order valence-corrected chi connectivity index (χ3v) is 5.10.